The molecule has 0 radical (unpaired) electrons. The highest BCUT2D eigenvalue weighted by atomic mass is 16.1. The fourth-order valence-electron chi connectivity index (χ4n) is 0.290. The van der Waals surface area contributed by atoms with E-state index in [0.717, 1.165) is 0 Å². The summed E-state index contributed by atoms with van der Waals surface area (Å²) in [5.74, 6) is 6.97. The third kappa shape index (κ3) is 3.34. The van der Waals surface area contributed by atoms with Crippen LogP contribution in [0, 0.1) is 12.3 Å². The summed E-state index contributed by atoms with van der Waals surface area (Å²) in [6, 6.07) is 0. The Bertz CT molecular complexity index is 114. The fraction of sp³-hybridized carbons (Fsp3) is 0.400. The van der Waals surface area contributed by atoms with Crippen LogP contribution in [0.2, 0.25) is 0 Å². The Hall–Kier alpha value is -0.850. The van der Waals surface area contributed by atoms with Gasteiger partial charge in [0.05, 0.1) is 13.0 Å². The van der Waals surface area contributed by atoms with E-state index >= 15 is 0 Å². The van der Waals surface area contributed by atoms with Crippen molar-refractivity contribution in [3.05, 3.63) is 0 Å². The highest BCUT2D eigenvalue weighted by molar-refractivity contribution is 5.82. The SMILES string of the molecule is C#CCC(=O)CNN. The van der Waals surface area contributed by atoms with Gasteiger partial charge in [-0.25, -0.2) is 0 Å². The molecule has 0 fully saturated rings. The van der Waals surface area contributed by atoms with Crippen molar-refractivity contribution in [1.82, 2.24) is 5.43 Å². The summed E-state index contributed by atoms with van der Waals surface area (Å²) in [5, 5.41) is 0. The van der Waals surface area contributed by atoms with Gasteiger partial charge in [0, 0.05) is 0 Å². The molecule has 0 heterocycles. The molecular formula is C5H8N2O. The summed E-state index contributed by atoms with van der Waals surface area (Å²) in [6.07, 6.45) is 4.98. The number of hydrogen-bond donors (Lipinski definition) is 2. The van der Waals surface area contributed by atoms with E-state index in [1.807, 2.05) is 0 Å². The predicted octanol–water partition coefficient (Wildman–Crippen LogP) is -0.958. The largest absolute Gasteiger partial charge is 0.297 e. The van der Waals surface area contributed by atoms with Crippen LogP contribution in [-0.2, 0) is 4.79 Å². The Kier molecular flexibility index (Phi) is 3.85. The summed E-state index contributed by atoms with van der Waals surface area (Å²) < 4.78 is 0. The van der Waals surface area contributed by atoms with Gasteiger partial charge in [-0.05, 0) is 0 Å². The van der Waals surface area contributed by atoms with E-state index in [4.69, 9.17) is 12.3 Å². The zero-order valence-corrected chi connectivity index (χ0v) is 4.48. The van der Waals surface area contributed by atoms with Gasteiger partial charge in [-0.1, -0.05) is 5.92 Å². The minimum Gasteiger partial charge on any atom is -0.297 e. The van der Waals surface area contributed by atoms with E-state index in [1.165, 1.54) is 0 Å². The van der Waals surface area contributed by atoms with Crippen molar-refractivity contribution in [1.29, 1.82) is 0 Å². The average Bonchev–Trinajstić information content (AvgIpc) is 1.68. The van der Waals surface area contributed by atoms with Crippen molar-refractivity contribution in [3.8, 4) is 12.3 Å². The molecule has 0 saturated carbocycles. The maximum absolute atomic E-state index is 10.4. The summed E-state index contributed by atoms with van der Waals surface area (Å²) in [4.78, 5) is 10.4. The molecule has 0 amide bonds. The van der Waals surface area contributed by atoms with Crippen molar-refractivity contribution < 1.29 is 4.79 Å². The molecule has 0 aromatic heterocycles. The number of rotatable bonds is 3. The smallest absolute Gasteiger partial charge is 0.159 e. The zero-order chi connectivity index (χ0) is 6.41. The highest BCUT2D eigenvalue weighted by Crippen LogP contribution is 1.74. The second-order valence-electron chi connectivity index (χ2n) is 1.30. The molecule has 0 unspecified atom stereocenters. The van der Waals surface area contributed by atoms with Crippen LogP contribution >= 0.6 is 0 Å². The Morgan fingerprint density at radius 3 is 2.88 bits per heavy atom. The van der Waals surface area contributed by atoms with E-state index in [-0.39, 0.29) is 18.7 Å². The Morgan fingerprint density at radius 1 is 1.88 bits per heavy atom. The molecule has 3 nitrogen and oxygen atoms in total. The van der Waals surface area contributed by atoms with Gasteiger partial charge < -0.3 is 0 Å². The number of nitrogens with two attached hydrogens (primary N) is 1. The maximum atomic E-state index is 10.4. The van der Waals surface area contributed by atoms with Crippen molar-refractivity contribution in [2.45, 2.75) is 6.42 Å². The monoisotopic (exact) mass is 112 g/mol. The number of hydrazine groups is 1. The zero-order valence-electron chi connectivity index (χ0n) is 4.48. The molecule has 0 aromatic carbocycles. The van der Waals surface area contributed by atoms with Gasteiger partial charge in [0.2, 0.25) is 0 Å². The Morgan fingerprint density at radius 2 is 2.50 bits per heavy atom. The highest BCUT2D eigenvalue weighted by Gasteiger charge is 1.93. The molecular weight excluding hydrogens is 104 g/mol. The summed E-state index contributed by atoms with van der Waals surface area (Å²) >= 11 is 0. The van der Waals surface area contributed by atoms with Crippen LogP contribution in [0.3, 0.4) is 0 Å². The minimum atomic E-state index is -0.0602. The van der Waals surface area contributed by atoms with Gasteiger partial charge in [-0.3, -0.25) is 16.1 Å². The first-order valence-electron chi connectivity index (χ1n) is 2.20. The summed E-state index contributed by atoms with van der Waals surface area (Å²) in [5.41, 5.74) is 2.21. The molecule has 44 valence electrons. The number of nitrogens with one attached hydrogen (secondary N) is 1. The van der Waals surface area contributed by atoms with Crippen LogP contribution < -0.4 is 11.3 Å². The van der Waals surface area contributed by atoms with Crippen LogP contribution in [0.5, 0.6) is 0 Å². The van der Waals surface area contributed by atoms with Crippen molar-refractivity contribution in [2.24, 2.45) is 5.84 Å². The van der Waals surface area contributed by atoms with Crippen molar-refractivity contribution in [3.63, 3.8) is 0 Å². The summed E-state index contributed by atoms with van der Waals surface area (Å²) in [7, 11) is 0. The van der Waals surface area contributed by atoms with Gasteiger partial charge in [-0.2, -0.15) is 0 Å². The van der Waals surface area contributed by atoms with Crippen LogP contribution in [0.4, 0.5) is 0 Å². The van der Waals surface area contributed by atoms with Crippen LogP contribution in [0.15, 0.2) is 0 Å². The number of ketones is 1. The van der Waals surface area contributed by atoms with Gasteiger partial charge in [-0.15, -0.1) is 6.42 Å². The molecule has 0 bridgehead atoms. The third-order valence-corrected chi connectivity index (χ3v) is 0.598. The molecule has 0 aliphatic heterocycles. The van der Waals surface area contributed by atoms with Crippen LogP contribution in [0.1, 0.15) is 6.42 Å². The quantitative estimate of drug-likeness (QED) is 0.281. The Labute approximate surface area is 48.2 Å². The molecule has 0 saturated heterocycles. The summed E-state index contributed by atoms with van der Waals surface area (Å²) in [6.45, 7) is 0.157. The number of Topliss-reactive ketones (excluding diaryl/α,β-unsaturated/α-hetero) is 1. The predicted molar refractivity (Wildman–Crippen MR) is 30.6 cm³/mol. The molecule has 3 N–H and O–H groups in total. The first-order valence-corrected chi connectivity index (χ1v) is 2.20. The average molecular weight is 112 g/mol. The van der Waals surface area contributed by atoms with E-state index < -0.39 is 0 Å². The Balaban J connectivity index is 3.23. The molecule has 3 heteroatoms. The first kappa shape index (κ1) is 7.15. The van der Waals surface area contributed by atoms with Crippen molar-refractivity contribution in [2.75, 3.05) is 6.54 Å². The van der Waals surface area contributed by atoms with Gasteiger partial charge in [0.1, 0.15) is 0 Å². The lowest BCUT2D eigenvalue weighted by Crippen LogP contribution is -2.28. The number of carbonyl (C=O) groups excluding carboxylic acids is 1. The standard InChI is InChI=1S/C5H8N2O/c1-2-3-5(8)4-7-6/h1,7H,3-4,6H2. The number of hydrogen-bond acceptors (Lipinski definition) is 3. The molecule has 0 aromatic rings. The van der Waals surface area contributed by atoms with E-state index in [2.05, 4.69) is 11.3 Å². The van der Waals surface area contributed by atoms with E-state index in [1.54, 1.807) is 0 Å². The topological polar surface area (TPSA) is 55.1 Å². The molecule has 0 aliphatic carbocycles. The molecule has 0 aliphatic rings. The minimum absolute atomic E-state index is 0.0602. The molecule has 8 heavy (non-hydrogen) atoms. The van der Waals surface area contributed by atoms with Crippen LogP contribution in [0.25, 0.3) is 0 Å². The second-order valence-corrected chi connectivity index (χ2v) is 1.30. The van der Waals surface area contributed by atoms with Crippen LogP contribution in [-0.4, -0.2) is 12.3 Å². The van der Waals surface area contributed by atoms with Crippen molar-refractivity contribution >= 4 is 5.78 Å². The number of terminal acetylenes is 1. The lowest BCUT2D eigenvalue weighted by atomic mass is 10.3. The van der Waals surface area contributed by atoms with Gasteiger partial charge in [0.15, 0.2) is 5.78 Å². The lowest BCUT2D eigenvalue weighted by molar-refractivity contribution is -0.117. The van der Waals surface area contributed by atoms with Gasteiger partial charge >= 0.3 is 0 Å². The third-order valence-electron chi connectivity index (χ3n) is 0.598. The number of carbonyl (C=O) groups is 1. The molecule has 0 rings (SSSR count). The second kappa shape index (κ2) is 4.31. The van der Waals surface area contributed by atoms with Gasteiger partial charge in [0.25, 0.3) is 0 Å². The maximum Gasteiger partial charge on any atom is 0.159 e. The normalized spacial score (nSPS) is 8.00. The lowest BCUT2D eigenvalue weighted by Gasteiger charge is -1.90. The first-order chi connectivity index (χ1) is 3.81. The molecule has 0 spiro atoms. The molecule has 0 atom stereocenters. The van der Waals surface area contributed by atoms with E-state index in [0.29, 0.717) is 0 Å². The fourth-order valence-corrected chi connectivity index (χ4v) is 0.290. The van der Waals surface area contributed by atoms with E-state index in [9.17, 15) is 4.79 Å².